The first-order chi connectivity index (χ1) is 11.8. The summed E-state index contributed by atoms with van der Waals surface area (Å²) in [5.74, 6) is -0.866. The maximum absolute atomic E-state index is 12.5. The van der Waals surface area contributed by atoms with Crippen LogP contribution in [0.4, 0.5) is 0 Å². The van der Waals surface area contributed by atoms with Crippen LogP contribution in [0.15, 0.2) is 58.3 Å². The number of sulfonamides is 2. The van der Waals surface area contributed by atoms with Crippen molar-refractivity contribution in [1.82, 2.24) is 4.72 Å². The Morgan fingerprint density at radius 2 is 1.38 bits per heavy atom. The second-order valence-corrected chi connectivity index (χ2v) is 9.93. The van der Waals surface area contributed by atoms with Crippen molar-refractivity contribution in [3.63, 3.8) is 0 Å². The van der Waals surface area contributed by atoms with Crippen molar-refractivity contribution in [2.45, 2.75) is 36.0 Å². The van der Waals surface area contributed by atoms with Gasteiger partial charge in [-0.15, -0.1) is 0 Å². The van der Waals surface area contributed by atoms with Gasteiger partial charge in [0.15, 0.2) is 0 Å². The molecular formula is C17H20N2O5S2. The van der Waals surface area contributed by atoms with Gasteiger partial charge in [0.2, 0.25) is 10.0 Å². The number of hydrogen-bond donors (Lipinski definition) is 2. The summed E-state index contributed by atoms with van der Waals surface area (Å²) in [5.41, 5.74) is 1.00. The number of carbonyl (C=O) groups is 1. The molecule has 0 unspecified atom stereocenters. The summed E-state index contributed by atoms with van der Waals surface area (Å²) < 4.78 is 50.0. The largest absolute Gasteiger partial charge is 0.268 e. The molecule has 2 aromatic carbocycles. The lowest BCUT2D eigenvalue weighted by Crippen LogP contribution is -2.32. The van der Waals surface area contributed by atoms with Crippen LogP contribution in [-0.4, -0.2) is 22.7 Å². The van der Waals surface area contributed by atoms with Crippen LogP contribution in [0.1, 0.15) is 36.7 Å². The van der Waals surface area contributed by atoms with Gasteiger partial charge in [-0.3, -0.25) is 4.79 Å². The van der Waals surface area contributed by atoms with E-state index in [1.165, 1.54) is 24.3 Å². The van der Waals surface area contributed by atoms with Crippen molar-refractivity contribution in [2.75, 3.05) is 0 Å². The van der Waals surface area contributed by atoms with Gasteiger partial charge < -0.3 is 0 Å². The molecule has 0 bridgehead atoms. The molecule has 7 nitrogen and oxygen atoms in total. The third-order valence-corrected chi connectivity index (χ3v) is 6.17. The summed E-state index contributed by atoms with van der Waals surface area (Å²) in [6.07, 6.45) is 0. The molecule has 1 amide bonds. The fourth-order valence-electron chi connectivity index (χ4n) is 2.26. The maximum Gasteiger partial charge on any atom is 0.265 e. The van der Waals surface area contributed by atoms with Gasteiger partial charge in [-0.05, 0) is 35.2 Å². The van der Waals surface area contributed by atoms with Gasteiger partial charge in [-0.1, -0.05) is 45.0 Å². The Bertz CT molecular complexity index is 1040. The average molecular weight is 396 g/mol. The van der Waals surface area contributed by atoms with E-state index in [2.05, 4.69) is 0 Å². The molecule has 0 spiro atoms. The molecule has 0 saturated carbocycles. The topological polar surface area (TPSA) is 123 Å². The molecule has 0 aliphatic rings. The zero-order valence-electron chi connectivity index (χ0n) is 14.6. The summed E-state index contributed by atoms with van der Waals surface area (Å²) in [6.45, 7) is 6.03. The monoisotopic (exact) mass is 396 g/mol. The van der Waals surface area contributed by atoms with Crippen LogP contribution in [-0.2, 0) is 25.5 Å². The van der Waals surface area contributed by atoms with E-state index in [9.17, 15) is 21.6 Å². The number of nitrogens with two attached hydrogens (primary N) is 1. The average Bonchev–Trinajstić information content (AvgIpc) is 2.53. The fourth-order valence-corrected chi connectivity index (χ4v) is 4.62. The van der Waals surface area contributed by atoms with E-state index in [1.54, 1.807) is 12.1 Å². The van der Waals surface area contributed by atoms with Crippen LogP contribution in [0.2, 0.25) is 0 Å². The molecule has 26 heavy (non-hydrogen) atoms. The fraction of sp³-hybridized carbons (Fsp3) is 0.235. The minimum Gasteiger partial charge on any atom is -0.268 e. The highest BCUT2D eigenvalue weighted by Crippen LogP contribution is 2.23. The van der Waals surface area contributed by atoms with E-state index >= 15 is 0 Å². The first-order valence-electron chi connectivity index (χ1n) is 7.62. The van der Waals surface area contributed by atoms with Gasteiger partial charge in [0, 0.05) is 5.56 Å². The lowest BCUT2D eigenvalue weighted by Gasteiger charge is -2.19. The molecule has 3 N–H and O–H groups in total. The van der Waals surface area contributed by atoms with E-state index in [-0.39, 0.29) is 11.0 Å². The predicted molar refractivity (Wildman–Crippen MR) is 97.6 cm³/mol. The molecule has 0 aromatic heterocycles. The van der Waals surface area contributed by atoms with Crippen molar-refractivity contribution >= 4 is 26.0 Å². The van der Waals surface area contributed by atoms with Crippen LogP contribution in [0.5, 0.6) is 0 Å². The lowest BCUT2D eigenvalue weighted by atomic mass is 9.87. The van der Waals surface area contributed by atoms with Gasteiger partial charge in [0.1, 0.15) is 9.79 Å². The Kier molecular flexibility index (Phi) is 5.27. The summed E-state index contributed by atoms with van der Waals surface area (Å²) in [5, 5.41) is 5.05. The van der Waals surface area contributed by atoms with E-state index in [1.807, 2.05) is 25.5 Å². The Hall–Kier alpha value is -2.23. The molecule has 0 atom stereocenters. The Morgan fingerprint density at radius 3 is 1.85 bits per heavy atom. The highest BCUT2D eigenvalue weighted by molar-refractivity contribution is 7.92. The van der Waals surface area contributed by atoms with Gasteiger partial charge in [0.05, 0.1) is 0 Å². The molecule has 0 fully saturated rings. The molecule has 0 radical (unpaired) electrons. The normalized spacial score (nSPS) is 12.6. The standard InChI is InChI=1S/C17H20N2O5S2/c1-17(2,3)13-10-8-12(9-11-13)16(20)19-26(23,24)15-7-5-4-6-14(15)25(18,21)22/h4-11H,1-3H3,(H,19,20)(H2,18,21,22). The van der Waals surface area contributed by atoms with Crippen molar-refractivity contribution in [3.8, 4) is 0 Å². The summed E-state index contributed by atoms with van der Waals surface area (Å²) in [6, 6.07) is 11.3. The zero-order valence-corrected chi connectivity index (χ0v) is 16.2. The molecule has 0 saturated heterocycles. The van der Waals surface area contributed by atoms with E-state index < -0.39 is 35.7 Å². The molecule has 0 heterocycles. The van der Waals surface area contributed by atoms with Gasteiger partial charge in [-0.25, -0.2) is 26.7 Å². The predicted octanol–water partition coefficient (Wildman–Crippen LogP) is 1.75. The number of nitrogens with one attached hydrogen (secondary N) is 1. The zero-order chi connectivity index (χ0) is 19.8. The highest BCUT2D eigenvalue weighted by atomic mass is 32.2. The maximum atomic E-state index is 12.5. The molecule has 2 aromatic rings. The van der Waals surface area contributed by atoms with Gasteiger partial charge >= 0.3 is 0 Å². The number of primary sulfonamides is 1. The Balaban J connectivity index is 2.35. The number of benzene rings is 2. The number of amides is 1. The first-order valence-corrected chi connectivity index (χ1v) is 10.6. The second kappa shape index (κ2) is 6.82. The van der Waals surface area contributed by atoms with Crippen LogP contribution < -0.4 is 9.86 Å². The third kappa shape index (κ3) is 4.48. The smallest absolute Gasteiger partial charge is 0.265 e. The summed E-state index contributed by atoms with van der Waals surface area (Å²) >= 11 is 0. The van der Waals surface area contributed by atoms with Gasteiger partial charge in [-0.2, -0.15) is 0 Å². The molecule has 0 aliphatic carbocycles. The van der Waals surface area contributed by atoms with Gasteiger partial charge in [0.25, 0.3) is 15.9 Å². The third-order valence-electron chi connectivity index (χ3n) is 3.69. The minimum absolute atomic E-state index is 0.116. The van der Waals surface area contributed by atoms with Crippen LogP contribution >= 0.6 is 0 Å². The quantitative estimate of drug-likeness (QED) is 0.815. The Morgan fingerprint density at radius 1 is 0.885 bits per heavy atom. The lowest BCUT2D eigenvalue weighted by molar-refractivity contribution is 0.0981. The van der Waals surface area contributed by atoms with Crippen molar-refractivity contribution in [3.05, 3.63) is 59.7 Å². The number of carbonyl (C=O) groups excluding carboxylic acids is 1. The summed E-state index contributed by atoms with van der Waals surface area (Å²) in [4.78, 5) is 11.1. The SMILES string of the molecule is CC(C)(C)c1ccc(C(=O)NS(=O)(=O)c2ccccc2S(N)(=O)=O)cc1. The minimum atomic E-state index is -4.42. The summed E-state index contributed by atoms with van der Waals surface area (Å²) in [7, 11) is -8.69. The molecular weight excluding hydrogens is 376 g/mol. The molecule has 9 heteroatoms. The molecule has 140 valence electrons. The Labute approximate surface area is 153 Å². The molecule has 2 rings (SSSR count). The van der Waals surface area contributed by atoms with E-state index in [0.29, 0.717) is 0 Å². The van der Waals surface area contributed by atoms with Crippen LogP contribution in [0.25, 0.3) is 0 Å². The molecule has 0 aliphatic heterocycles. The van der Waals surface area contributed by atoms with Crippen LogP contribution in [0, 0.1) is 0 Å². The number of hydrogen-bond acceptors (Lipinski definition) is 5. The second-order valence-electron chi connectivity index (χ2n) is 6.75. The van der Waals surface area contributed by atoms with E-state index in [4.69, 9.17) is 5.14 Å². The van der Waals surface area contributed by atoms with Crippen molar-refractivity contribution < 1.29 is 21.6 Å². The van der Waals surface area contributed by atoms with E-state index in [0.717, 1.165) is 17.7 Å². The van der Waals surface area contributed by atoms with Crippen molar-refractivity contribution in [1.29, 1.82) is 0 Å². The van der Waals surface area contributed by atoms with Crippen LogP contribution in [0.3, 0.4) is 0 Å². The van der Waals surface area contributed by atoms with Crippen molar-refractivity contribution in [2.24, 2.45) is 5.14 Å². The highest BCUT2D eigenvalue weighted by Gasteiger charge is 2.26. The first kappa shape index (κ1) is 20.1. The number of rotatable bonds is 4.